The zero-order chi connectivity index (χ0) is 8.16. The third-order valence-electron chi connectivity index (χ3n) is 2.54. The molecule has 0 spiro atoms. The van der Waals surface area contributed by atoms with Gasteiger partial charge in [-0.2, -0.15) is 0 Å². The van der Waals surface area contributed by atoms with Crippen LogP contribution in [0, 0.1) is 5.41 Å². The van der Waals surface area contributed by atoms with Gasteiger partial charge in [0.15, 0.2) is 0 Å². The summed E-state index contributed by atoms with van der Waals surface area (Å²) in [6.45, 7) is 3.54. The van der Waals surface area contributed by atoms with E-state index in [0.717, 1.165) is 39.1 Å². The van der Waals surface area contributed by atoms with E-state index in [1.165, 1.54) is 0 Å². The maximum Gasteiger partial charge on any atom is 0.0472 e. The second kappa shape index (κ2) is 4.04. The highest BCUT2D eigenvalue weighted by Gasteiger charge is 2.29. The molecule has 3 nitrogen and oxygen atoms in total. The zero-order valence-electron chi connectivity index (χ0n) is 7.23. The van der Waals surface area contributed by atoms with Gasteiger partial charge >= 0.3 is 0 Å². The van der Waals surface area contributed by atoms with Crippen LogP contribution in [0.2, 0.25) is 0 Å². The van der Waals surface area contributed by atoms with E-state index in [4.69, 9.17) is 10.5 Å². The molecule has 0 aromatic rings. The molecule has 3 heteroatoms. The van der Waals surface area contributed by atoms with Crippen molar-refractivity contribution in [3.8, 4) is 0 Å². The van der Waals surface area contributed by atoms with Gasteiger partial charge < -0.3 is 15.8 Å². The van der Waals surface area contributed by atoms with Crippen molar-refractivity contribution in [2.45, 2.75) is 12.8 Å². The molecule has 1 saturated heterocycles. The smallest absolute Gasteiger partial charge is 0.0472 e. The summed E-state index contributed by atoms with van der Waals surface area (Å²) in [7, 11) is 1.98. The van der Waals surface area contributed by atoms with E-state index in [1.807, 2.05) is 7.05 Å². The lowest BCUT2D eigenvalue weighted by molar-refractivity contribution is 0.0201. The molecule has 0 aliphatic carbocycles. The number of hydrogen-bond acceptors (Lipinski definition) is 3. The van der Waals surface area contributed by atoms with Crippen LogP contribution in [0.25, 0.3) is 0 Å². The summed E-state index contributed by atoms with van der Waals surface area (Å²) >= 11 is 0. The monoisotopic (exact) mass is 158 g/mol. The van der Waals surface area contributed by atoms with Gasteiger partial charge in [-0.05, 0) is 31.8 Å². The van der Waals surface area contributed by atoms with Crippen molar-refractivity contribution < 1.29 is 4.74 Å². The molecule has 66 valence electrons. The molecule has 1 aliphatic heterocycles. The maximum absolute atomic E-state index is 5.73. The molecular formula is C8H18N2O. The predicted octanol–water partition coefficient (Wildman–Crippen LogP) is -0.0387. The van der Waals surface area contributed by atoms with Gasteiger partial charge in [0, 0.05) is 19.8 Å². The summed E-state index contributed by atoms with van der Waals surface area (Å²) in [5, 5.41) is 3.19. The molecule has 0 unspecified atom stereocenters. The molecule has 0 radical (unpaired) electrons. The zero-order valence-corrected chi connectivity index (χ0v) is 7.23. The Hall–Kier alpha value is -0.120. The van der Waals surface area contributed by atoms with Gasteiger partial charge in [-0.1, -0.05) is 0 Å². The minimum Gasteiger partial charge on any atom is -0.381 e. The largest absolute Gasteiger partial charge is 0.381 e. The lowest BCUT2D eigenvalue weighted by Crippen LogP contribution is -2.43. The Balaban J connectivity index is 2.42. The quantitative estimate of drug-likeness (QED) is 0.606. The first-order valence-electron chi connectivity index (χ1n) is 4.25. The van der Waals surface area contributed by atoms with Crippen LogP contribution in [0.5, 0.6) is 0 Å². The molecule has 0 aromatic heterocycles. The molecule has 0 saturated carbocycles. The van der Waals surface area contributed by atoms with Crippen LogP contribution in [-0.2, 0) is 4.74 Å². The summed E-state index contributed by atoms with van der Waals surface area (Å²) in [5.41, 5.74) is 6.04. The topological polar surface area (TPSA) is 47.3 Å². The molecule has 11 heavy (non-hydrogen) atoms. The summed E-state index contributed by atoms with van der Waals surface area (Å²) in [4.78, 5) is 0. The van der Waals surface area contributed by atoms with Crippen LogP contribution in [0.15, 0.2) is 0 Å². The normalized spacial score (nSPS) is 23.5. The van der Waals surface area contributed by atoms with Crippen LogP contribution >= 0.6 is 0 Å². The first-order chi connectivity index (χ1) is 5.33. The molecule has 0 bridgehead atoms. The predicted molar refractivity (Wildman–Crippen MR) is 45.5 cm³/mol. The minimum atomic E-state index is 0.312. The second-order valence-electron chi connectivity index (χ2n) is 3.35. The molecular weight excluding hydrogens is 140 g/mol. The number of ether oxygens (including phenoxy) is 1. The Labute approximate surface area is 68.3 Å². The Morgan fingerprint density at radius 1 is 1.45 bits per heavy atom. The summed E-state index contributed by atoms with van der Waals surface area (Å²) in [5.74, 6) is 0. The highest BCUT2D eigenvalue weighted by molar-refractivity contribution is 4.84. The molecule has 3 N–H and O–H groups in total. The maximum atomic E-state index is 5.73. The van der Waals surface area contributed by atoms with Crippen molar-refractivity contribution in [2.75, 3.05) is 33.4 Å². The average Bonchev–Trinajstić information content (AvgIpc) is 2.07. The van der Waals surface area contributed by atoms with Crippen LogP contribution in [-0.4, -0.2) is 33.4 Å². The fraction of sp³-hybridized carbons (Fsp3) is 1.00. The molecule has 0 aromatic carbocycles. The fourth-order valence-electron chi connectivity index (χ4n) is 1.63. The standard InChI is InChI=1S/C8H18N2O/c1-10-7-8(6-9)2-4-11-5-3-8/h10H,2-7,9H2,1H3. The van der Waals surface area contributed by atoms with Gasteiger partial charge in [-0.15, -0.1) is 0 Å². The Morgan fingerprint density at radius 2 is 2.09 bits per heavy atom. The van der Waals surface area contributed by atoms with Gasteiger partial charge in [0.05, 0.1) is 0 Å². The lowest BCUT2D eigenvalue weighted by Gasteiger charge is -2.35. The van der Waals surface area contributed by atoms with Crippen molar-refractivity contribution in [1.29, 1.82) is 0 Å². The van der Waals surface area contributed by atoms with Crippen LogP contribution in [0.1, 0.15) is 12.8 Å². The van der Waals surface area contributed by atoms with E-state index < -0.39 is 0 Å². The van der Waals surface area contributed by atoms with E-state index in [2.05, 4.69) is 5.32 Å². The third kappa shape index (κ3) is 2.15. The Morgan fingerprint density at radius 3 is 2.55 bits per heavy atom. The first-order valence-corrected chi connectivity index (χ1v) is 4.25. The van der Waals surface area contributed by atoms with Gasteiger partial charge in [0.1, 0.15) is 0 Å². The molecule has 1 heterocycles. The molecule has 1 rings (SSSR count). The van der Waals surface area contributed by atoms with Crippen molar-refractivity contribution in [3.05, 3.63) is 0 Å². The number of hydrogen-bond donors (Lipinski definition) is 2. The summed E-state index contributed by atoms with van der Waals surface area (Å²) < 4.78 is 5.29. The summed E-state index contributed by atoms with van der Waals surface area (Å²) in [6, 6.07) is 0. The molecule has 1 aliphatic rings. The number of rotatable bonds is 3. The van der Waals surface area contributed by atoms with E-state index >= 15 is 0 Å². The first kappa shape index (κ1) is 8.97. The van der Waals surface area contributed by atoms with Crippen molar-refractivity contribution in [3.63, 3.8) is 0 Å². The van der Waals surface area contributed by atoms with Gasteiger partial charge in [-0.25, -0.2) is 0 Å². The van der Waals surface area contributed by atoms with Crippen molar-refractivity contribution in [1.82, 2.24) is 5.32 Å². The Bertz CT molecular complexity index is 105. The Kier molecular flexibility index (Phi) is 3.30. The fourth-order valence-corrected chi connectivity index (χ4v) is 1.63. The molecule has 1 fully saturated rings. The van der Waals surface area contributed by atoms with Crippen LogP contribution < -0.4 is 11.1 Å². The SMILES string of the molecule is CNCC1(CN)CCOCC1. The van der Waals surface area contributed by atoms with E-state index in [0.29, 0.717) is 5.41 Å². The number of nitrogens with one attached hydrogen (secondary N) is 1. The van der Waals surface area contributed by atoms with Crippen LogP contribution in [0.3, 0.4) is 0 Å². The van der Waals surface area contributed by atoms with E-state index in [9.17, 15) is 0 Å². The highest BCUT2D eigenvalue weighted by atomic mass is 16.5. The van der Waals surface area contributed by atoms with Crippen molar-refractivity contribution in [2.24, 2.45) is 11.1 Å². The van der Waals surface area contributed by atoms with E-state index in [-0.39, 0.29) is 0 Å². The third-order valence-corrected chi connectivity index (χ3v) is 2.54. The second-order valence-corrected chi connectivity index (χ2v) is 3.35. The van der Waals surface area contributed by atoms with Gasteiger partial charge in [-0.3, -0.25) is 0 Å². The van der Waals surface area contributed by atoms with Crippen LogP contribution in [0.4, 0.5) is 0 Å². The van der Waals surface area contributed by atoms with Crippen molar-refractivity contribution >= 4 is 0 Å². The molecule has 0 amide bonds. The minimum absolute atomic E-state index is 0.312. The number of nitrogens with two attached hydrogens (primary N) is 1. The van der Waals surface area contributed by atoms with Gasteiger partial charge in [0.25, 0.3) is 0 Å². The van der Waals surface area contributed by atoms with Gasteiger partial charge in [0.2, 0.25) is 0 Å². The highest BCUT2D eigenvalue weighted by Crippen LogP contribution is 2.27. The average molecular weight is 158 g/mol. The summed E-state index contributed by atoms with van der Waals surface area (Å²) in [6.07, 6.45) is 2.20. The molecule has 0 atom stereocenters. The lowest BCUT2D eigenvalue weighted by atomic mass is 9.80. The van der Waals surface area contributed by atoms with E-state index in [1.54, 1.807) is 0 Å².